The molecule has 0 bridgehead atoms. The molecule has 1 aromatic heterocycles. The van der Waals surface area contributed by atoms with Gasteiger partial charge in [0, 0.05) is 13.1 Å². The molecule has 1 aliphatic rings. The maximum Gasteiger partial charge on any atom is 0.233 e. The quantitative estimate of drug-likeness (QED) is 0.527. The first-order valence-corrected chi connectivity index (χ1v) is 11.8. The average Bonchev–Trinajstić information content (AvgIpc) is 3.45. The Labute approximate surface area is 192 Å². The zero-order chi connectivity index (χ0) is 22.7. The molecule has 1 N–H and O–H groups in total. The minimum absolute atomic E-state index is 0.104. The molecular formula is C24H28FN5OS. The van der Waals surface area contributed by atoms with Gasteiger partial charge in [0.15, 0.2) is 5.16 Å². The fourth-order valence-electron chi connectivity index (χ4n) is 3.76. The molecule has 4 rings (SSSR count). The van der Waals surface area contributed by atoms with Gasteiger partial charge in [0.25, 0.3) is 0 Å². The number of rotatable bonds is 7. The van der Waals surface area contributed by atoms with Gasteiger partial charge in [-0.15, -0.1) is 10.2 Å². The zero-order valence-electron chi connectivity index (χ0n) is 18.6. The molecule has 2 atom stereocenters. The van der Waals surface area contributed by atoms with Crippen molar-refractivity contribution in [3.63, 3.8) is 0 Å². The van der Waals surface area contributed by atoms with Gasteiger partial charge in [0.2, 0.25) is 11.9 Å². The summed E-state index contributed by atoms with van der Waals surface area (Å²) in [5.41, 5.74) is 3.02. The first-order chi connectivity index (χ1) is 15.4. The number of anilines is 1. The molecular weight excluding hydrogens is 425 g/mol. The van der Waals surface area contributed by atoms with Gasteiger partial charge in [0.05, 0.1) is 17.0 Å². The van der Waals surface area contributed by atoms with Crippen molar-refractivity contribution >= 4 is 23.6 Å². The number of thioether (sulfide) groups is 1. The topological polar surface area (TPSA) is 63.1 Å². The number of aromatic nitrogens is 3. The summed E-state index contributed by atoms with van der Waals surface area (Å²) in [7, 11) is 0. The molecule has 168 valence electrons. The Morgan fingerprint density at radius 2 is 1.69 bits per heavy atom. The third-order valence-corrected chi connectivity index (χ3v) is 6.72. The molecule has 1 saturated heterocycles. The summed E-state index contributed by atoms with van der Waals surface area (Å²) in [6.07, 6.45) is 2.28. The van der Waals surface area contributed by atoms with Crippen LogP contribution in [0.2, 0.25) is 0 Å². The van der Waals surface area contributed by atoms with Gasteiger partial charge in [-0.3, -0.25) is 9.36 Å². The Kier molecular flexibility index (Phi) is 6.79. The number of nitrogens with one attached hydrogen (secondary N) is 1. The summed E-state index contributed by atoms with van der Waals surface area (Å²) in [5.74, 6) is 0.426. The lowest BCUT2D eigenvalue weighted by Gasteiger charge is -2.20. The van der Waals surface area contributed by atoms with Crippen LogP contribution >= 0.6 is 11.8 Å². The van der Waals surface area contributed by atoms with E-state index in [2.05, 4.69) is 51.6 Å². The summed E-state index contributed by atoms with van der Waals surface area (Å²) < 4.78 is 15.2. The van der Waals surface area contributed by atoms with E-state index in [1.54, 1.807) is 12.1 Å². The highest BCUT2D eigenvalue weighted by Crippen LogP contribution is 2.31. The lowest BCUT2D eigenvalue weighted by Crippen LogP contribution is -2.33. The highest BCUT2D eigenvalue weighted by atomic mass is 32.2. The molecule has 0 aliphatic carbocycles. The maximum absolute atomic E-state index is 13.2. The number of hydrogen-bond acceptors (Lipinski definition) is 5. The second-order valence-electron chi connectivity index (χ2n) is 8.19. The van der Waals surface area contributed by atoms with Crippen molar-refractivity contribution in [3.8, 4) is 5.69 Å². The highest BCUT2D eigenvalue weighted by molar-refractivity contribution is 8.00. The predicted octanol–water partition coefficient (Wildman–Crippen LogP) is 4.67. The van der Waals surface area contributed by atoms with Gasteiger partial charge in [-0.2, -0.15) is 0 Å². The molecule has 32 heavy (non-hydrogen) atoms. The predicted molar refractivity (Wildman–Crippen MR) is 126 cm³/mol. The van der Waals surface area contributed by atoms with E-state index in [0.29, 0.717) is 5.16 Å². The van der Waals surface area contributed by atoms with Gasteiger partial charge >= 0.3 is 0 Å². The van der Waals surface area contributed by atoms with Crippen LogP contribution in [0.1, 0.15) is 43.9 Å². The number of benzene rings is 2. The van der Waals surface area contributed by atoms with Crippen molar-refractivity contribution in [2.45, 2.75) is 50.1 Å². The molecule has 3 aromatic rings. The minimum Gasteiger partial charge on any atom is -0.349 e. The average molecular weight is 454 g/mol. The minimum atomic E-state index is -0.377. The summed E-state index contributed by atoms with van der Waals surface area (Å²) in [6.45, 7) is 7.73. The Morgan fingerprint density at radius 1 is 1.03 bits per heavy atom. The van der Waals surface area contributed by atoms with E-state index >= 15 is 0 Å². The fraction of sp³-hybridized carbons (Fsp3) is 0.375. The van der Waals surface area contributed by atoms with Crippen LogP contribution in [0.4, 0.5) is 10.3 Å². The maximum atomic E-state index is 13.2. The zero-order valence-corrected chi connectivity index (χ0v) is 19.4. The van der Waals surface area contributed by atoms with Crippen LogP contribution in [-0.2, 0) is 4.79 Å². The molecule has 2 heterocycles. The number of carbonyl (C=O) groups is 1. The van der Waals surface area contributed by atoms with Crippen LogP contribution in [0.5, 0.6) is 0 Å². The van der Waals surface area contributed by atoms with E-state index in [1.807, 2.05) is 18.4 Å². The number of nitrogens with zero attached hydrogens (tertiary/aromatic N) is 4. The lowest BCUT2D eigenvalue weighted by atomic mass is 10.1. The van der Waals surface area contributed by atoms with Crippen molar-refractivity contribution in [1.29, 1.82) is 0 Å². The first-order valence-electron chi connectivity index (χ1n) is 10.9. The van der Waals surface area contributed by atoms with Crippen molar-refractivity contribution in [1.82, 2.24) is 20.1 Å². The number of carbonyl (C=O) groups excluding carboxylic acids is 1. The standard InChI is InChI=1S/C24H28FN5OS/c1-16-6-12-21(13-7-16)30-23(29-14-4-5-15-29)27-28-24(30)32-18(3)22(31)26-17(2)19-8-10-20(25)11-9-19/h6-13,17-18H,4-5,14-15H2,1-3H3,(H,26,31). The van der Waals surface area contributed by atoms with E-state index in [9.17, 15) is 9.18 Å². The summed E-state index contributed by atoms with van der Waals surface area (Å²) in [5, 5.41) is 12.2. The summed E-state index contributed by atoms with van der Waals surface area (Å²) in [4.78, 5) is 15.1. The molecule has 6 nitrogen and oxygen atoms in total. The van der Waals surface area contributed by atoms with E-state index in [-0.39, 0.29) is 23.0 Å². The molecule has 8 heteroatoms. The van der Waals surface area contributed by atoms with Crippen LogP contribution in [0.3, 0.4) is 0 Å². The number of amides is 1. The van der Waals surface area contributed by atoms with Gasteiger partial charge < -0.3 is 10.2 Å². The van der Waals surface area contributed by atoms with Gasteiger partial charge in [0.1, 0.15) is 5.82 Å². The van der Waals surface area contributed by atoms with E-state index < -0.39 is 0 Å². The van der Waals surface area contributed by atoms with Crippen LogP contribution in [0, 0.1) is 12.7 Å². The molecule has 2 unspecified atom stereocenters. The SMILES string of the molecule is Cc1ccc(-n2c(SC(C)C(=O)NC(C)c3ccc(F)cc3)nnc2N2CCCC2)cc1. The Hall–Kier alpha value is -2.87. The summed E-state index contributed by atoms with van der Waals surface area (Å²) >= 11 is 1.39. The first kappa shape index (κ1) is 22.3. The molecule has 1 fully saturated rings. The van der Waals surface area contributed by atoms with Gasteiger partial charge in [-0.25, -0.2) is 4.39 Å². The van der Waals surface area contributed by atoms with Crippen molar-refractivity contribution in [2.24, 2.45) is 0 Å². The fourth-order valence-corrected chi connectivity index (χ4v) is 4.63. The third-order valence-electron chi connectivity index (χ3n) is 5.68. The van der Waals surface area contributed by atoms with E-state index in [0.717, 1.165) is 43.1 Å². The largest absolute Gasteiger partial charge is 0.349 e. The van der Waals surface area contributed by atoms with Gasteiger partial charge in [-0.05, 0) is 63.4 Å². The second kappa shape index (κ2) is 9.73. The van der Waals surface area contributed by atoms with Crippen LogP contribution in [-0.4, -0.2) is 39.0 Å². The van der Waals surface area contributed by atoms with Crippen LogP contribution in [0.25, 0.3) is 5.69 Å². The Bertz CT molecular complexity index is 1060. The Morgan fingerprint density at radius 3 is 2.34 bits per heavy atom. The molecule has 1 amide bonds. The number of halogens is 1. The third kappa shape index (κ3) is 4.96. The molecule has 2 aromatic carbocycles. The molecule has 1 aliphatic heterocycles. The molecule has 0 spiro atoms. The lowest BCUT2D eigenvalue weighted by molar-refractivity contribution is -0.120. The van der Waals surface area contributed by atoms with E-state index in [4.69, 9.17) is 0 Å². The van der Waals surface area contributed by atoms with Gasteiger partial charge in [-0.1, -0.05) is 41.6 Å². The second-order valence-corrected chi connectivity index (χ2v) is 9.50. The summed E-state index contributed by atoms with van der Waals surface area (Å²) in [6, 6.07) is 14.2. The molecule has 0 radical (unpaired) electrons. The molecule has 0 saturated carbocycles. The van der Waals surface area contributed by atoms with Crippen molar-refractivity contribution in [3.05, 3.63) is 65.5 Å². The smallest absolute Gasteiger partial charge is 0.233 e. The number of aryl methyl sites for hydroxylation is 1. The van der Waals surface area contributed by atoms with Crippen LogP contribution in [0.15, 0.2) is 53.7 Å². The normalized spacial score (nSPS) is 15.6. The van der Waals surface area contributed by atoms with Crippen molar-refractivity contribution < 1.29 is 9.18 Å². The van der Waals surface area contributed by atoms with Crippen LogP contribution < -0.4 is 10.2 Å². The van der Waals surface area contributed by atoms with Crippen molar-refractivity contribution in [2.75, 3.05) is 18.0 Å². The van der Waals surface area contributed by atoms with E-state index in [1.165, 1.54) is 29.5 Å². The monoisotopic (exact) mass is 453 g/mol. The Balaban J connectivity index is 1.53. The number of hydrogen-bond donors (Lipinski definition) is 1. The highest BCUT2D eigenvalue weighted by Gasteiger charge is 2.25.